The van der Waals surface area contributed by atoms with Gasteiger partial charge < -0.3 is 5.32 Å². The second-order valence-electron chi connectivity index (χ2n) is 4.97. The van der Waals surface area contributed by atoms with Crippen LogP contribution in [0.25, 0.3) is 15.9 Å². The van der Waals surface area contributed by atoms with E-state index in [0.717, 1.165) is 15.9 Å². The van der Waals surface area contributed by atoms with Gasteiger partial charge in [-0.2, -0.15) is 0 Å². The van der Waals surface area contributed by atoms with Crippen molar-refractivity contribution in [2.75, 3.05) is 5.32 Å². The van der Waals surface area contributed by atoms with E-state index in [1.165, 1.54) is 0 Å². The smallest absolute Gasteiger partial charge is 0.257 e. The molecule has 0 atom stereocenters. The van der Waals surface area contributed by atoms with Gasteiger partial charge in [0.05, 0.1) is 17.4 Å². The topological polar surface area (TPSA) is 59.8 Å². The molecule has 0 spiro atoms. The van der Waals surface area contributed by atoms with Crippen LogP contribution in [0.1, 0.15) is 10.4 Å². The molecule has 0 aliphatic rings. The fraction of sp³-hybridized carbons (Fsp3) is 0. The van der Waals surface area contributed by atoms with E-state index in [9.17, 15) is 4.79 Å². The minimum absolute atomic E-state index is 0.125. The summed E-state index contributed by atoms with van der Waals surface area (Å²) in [6.45, 7) is 0. The third-order valence-electron chi connectivity index (χ3n) is 3.50. The molecule has 4 aromatic rings. The van der Waals surface area contributed by atoms with Crippen LogP contribution in [0.15, 0.2) is 66.7 Å². The number of thiophene rings is 1. The van der Waals surface area contributed by atoms with Crippen molar-refractivity contribution in [2.45, 2.75) is 0 Å². The van der Waals surface area contributed by atoms with Crippen LogP contribution in [0.3, 0.4) is 0 Å². The lowest BCUT2D eigenvalue weighted by molar-refractivity contribution is 0.102. The number of pyridine rings is 1. The normalized spacial score (nSPS) is 10.8. The highest BCUT2D eigenvalue weighted by Gasteiger charge is 2.12. The number of aromatic nitrogens is 3. The Hall–Kier alpha value is -2.99. The molecule has 4 rings (SSSR count). The number of nitrogens with zero attached hydrogens (tertiary/aromatic N) is 3. The van der Waals surface area contributed by atoms with E-state index in [0.29, 0.717) is 11.3 Å². The molecule has 112 valence electrons. The zero-order chi connectivity index (χ0) is 15.6. The second-order valence-corrected chi connectivity index (χ2v) is 5.89. The number of rotatable bonds is 3. The van der Waals surface area contributed by atoms with Crippen LogP contribution in [-0.4, -0.2) is 20.4 Å². The molecule has 0 saturated heterocycles. The predicted octanol–water partition coefficient (Wildman–Crippen LogP) is 3.73. The molecule has 6 heteroatoms. The van der Waals surface area contributed by atoms with E-state index in [1.807, 2.05) is 48.0 Å². The summed E-state index contributed by atoms with van der Waals surface area (Å²) in [6, 6.07) is 11.5. The highest BCUT2D eigenvalue weighted by atomic mass is 32.1. The molecule has 0 unspecified atom stereocenters. The molecular formula is C17H12N4OS. The van der Waals surface area contributed by atoms with Crippen molar-refractivity contribution in [1.82, 2.24) is 14.5 Å². The Kier molecular flexibility index (Phi) is 3.36. The number of benzene rings is 1. The quantitative estimate of drug-likeness (QED) is 0.625. The van der Waals surface area contributed by atoms with Crippen molar-refractivity contribution in [3.8, 4) is 5.82 Å². The first-order valence-corrected chi connectivity index (χ1v) is 7.91. The van der Waals surface area contributed by atoms with Crippen LogP contribution < -0.4 is 5.32 Å². The molecule has 3 heterocycles. The highest BCUT2D eigenvalue weighted by Crippen LogP contribution is 2.26. The van der Waals surface area contributed by atoms with Crippen LogP contribution >= 0.6 is 11.3 Å². The molecule has 23 heavy (non-hydrogen) atoms. The van der Waals surface area contributed by atoms with E-state index >= 15 is 0 Å². The average Bonchev–Trinajstić information content (AvgIpc) is 3.25. The fourth-order valence-electron chi connectivity index (χ4n) is 2.36. The molecule has 0 aliphatic carbocycles. The minimum atomic E-state index is -0.125. The summed E-state index contributed by atoms with van der Waals surface area (Å²) in [6.07, 6.45) is 6.83. The number of fused-ring (bicyclic) bond motifs is 1. The van der Waals surface area contributed by atoms with Crippen molar-refractivity contribution >= 4 is 33.0 Å². The molecule has 0 aliphatic heterocycles. The first-order chi connectivity index (χ1) is 11.3. The molecular weight excluding hydrogens is 308 g/mol. The van der Waals surface area contributed by atoms with Gasteiger partial charge in [0.1, 0.15) is 12.1 Å². The third kappa shape index (κ3) is 2.60. The first kappa shape index (κ1) is 13.7. The van der Waals surface area contributed by atoms with Gasteiger partial charge in [-0.15, -0.1) is 11.3 Å². The van der Waals surface area contributed by atoms with Crippen LogP contribution in [0.5, 0.6) is 0 Å². The van der Waals surface area contributed by atoms with E-state index in [-0.39, 0.29) is 5.91 Å². The van der Waals surface area contributed by atoms with E-state index in [1.54, 1.807) is 34.6 Å². The lowest BCUT2D eigenvalue weighted by atomic mass is 10.1. The molecule has 3 aromatic heterocycles. The van der Waals surface area contributed by atoms with Crippen molar-refractivity contribution in [1.29, 1.82) is 0 Å². The van der Waals surface area contributed by atoms with Gasteiger partial charge in [0.25, 0.3) is 5.91 Å². The molecule has 0 radical (unpaired) electrons. The van der Waals surface area contributed by atoms with Crippen LogP contribution in [-0.2, 0) is 0 Å². The molecule has 1 aromatic carbocycles. The van der Waals surface area contributed by atoms with Crippen LogP contribution in [0.4, 0.5) is 5.69 Å². The number of carbonyl (C=O) groups is 1. The van der Waals surface area contributed by atoms with Crippen molar-refractivity contribution in [3.63, 3.8) is 0 Å². The summed E-state index contributed by atoms with van der Waals surface area (Å²) in [7, 11) is 0. The number of imidazole rings is 1. The summed E-state index contributed by atoms with van der Waals surface area (Å²) < 4.78 is 2.91. The summed E-state index contributed by atoms with van der Waals surface area (Å²) in [4.78, 5) is 20.8. The summed E-state index contributed by atoms with van der Waals surface area (Å²) in [5.74, 6) is 0.626. The summed E-state index contributed by atoms with van der Waals surface area (Å²) in [5.41, 5.74) is 1.35. The van der Waals surface area contributed by atoms with Gasteiger partial charge in [-0.25, -0.2) is 9.97 Å². The zero-order valence-corrected chi connectivity index (χ0v) is 12.8. The first-order valence-electron chi connectivity index (χ1n) is 7.03. The maximum atomic E-state index is 12.5. The van der Waals surface area contributed by atoms with E-state index in [4.69, 9.17) is 0 Å². The maximum absolute atomic E-state index is 12.5. The zero-order valence-electron chi connectivity index (χ0n) is 12.0. The Morgan fingerprint density at radius 3 is 2.87 bits per heavy atom. The minimum Gasteiger partial charge on any atom is -0.321 e. The molecule has 0 saturated carbocycles. The second kappa shape index (κ2) is 5.66. The molecule has 5 nitrogen and oxygen atoms in total. The standard InChI is InChI=1S/C17H12N4OS/c22-17(14-10-23-15-4-2-1-3-13(14)15)20-12-5-6-16(19-9-12)21-8-7-18-11-21/h1-11H,(H,20,22). The van der Waals surface area contributed by atoms with Crippen LogP contribution in [0, 0.1) is 0 Å². The number of nitrogens with one attached hydrogen (secondary N) is 1. The third-order valence-corrected chi connectivity index (χ3v) is 4.46. The van der Waals surface area contributed by atoms with E-state index in [2.05, 4.69) is 15.3 Å². The van der Waals surface area contributed by atoms with E-state index < -0.39 is 0 Å². The monoisotopic (exact) mass is 320 g/mol. The van der Waals surface area contributed by atoms with Crippen molar-refractivity contribution in [3.05, 3.63) is 72.3 Å². The predicted molar refractivity (Wildman–Crippen MR) is 91.1 cm³/mol. The number of amides is 1. The average molecular weight is 320 g/mol. The molecule has 1 amide bonds. The fourth-order valence-corrected chi connectivity index (χ4v) is 3.30. The van der Waals surface area contributed by atoms with Gasteiger partial charge in [0, 0.05) is 27.9 Å². The van der Waals surface area contributed by atoms with Gasteiger partial charge in [-0.05, 0) is 18.2 Å². The van der Waals surface area contributed by atoms with Gasteiger partial charge in [-0.3, -0.25) is 9.36 Å². The molecule has 1 N–H and O–H groups in total. The Bertz CT molecular complexity index is 958. The Balaban J connectivity index is 1.57. The lowest BCUT2D eigenvalue weighted by Gasteiger charge is -2.06. The maximum Gasteiger partial charge on any atom is 0.257 e. The lowest BCUT2D eigenvalue weighted by Crippen LogP contribution is -2.11. The molecule has 0 fully saturated rings. The number of carbonyl (C=O) groups excluding carboxylic acids is 1. The summed E-state index contributed by atoms with van der Waals surface area (Å²) in [5, 5.41) is 5.74. The van der Waals surface area contributed by atoms with Gasteiger partial charge in [0.2, 0.25) is 0 Å². The highest BCUT2D eigenvalue weighted by molar-refractivity contribution is 7.17. The number of hydrogen-bond acceptors (Lipinski definition) is 4. The summed E-state index contributed by atoms with van der Waals surface area (Å²) >= 11 is 1.57. The SMILES string of the molecule is O=C(Nc1ccc(-n2ccnc2)nc1)c1csc2ccccc12. The number of anilines is 1. The van der Waals surface area contributed by atoms with Crippen LogP contribution in [0.2, 0.25) is 0 Å². The Morgan fingerprint density at radius 2 is 2.09 bits per heavy atom. The Morgan fingerprint density at radius 1 is 1.17 bits per heavy atom. The largest absolute Gasteiger partial charge is 0.321 e. The number of hydrogen-bond donors (Lipinski definition) is 1. The Labute approximate surface area is 136 Å². The van der Waals surface area contributed by atoms with Gasteiger partial charge in [0.15, 0.2) is 0 Å². The van der Waals surface area contributed by atoms with Crippen molar-refractivity contribution in [2.24, 2.45) is 0 Å². The van der Waals surface area contributed by atoms with Gasteiger partial charge >= 0.3 is 0 Å². The van der Waals surface area contributed by atoms with Crippen molar-refractivity contribution < 1.29 is 4.79 Å². The van der Waals surface area contributed by atoms with Gasteiger partial charge in [-0.1, -0.05) is 18.2 Å². The molecule has 0 bridgehead atoms.